The van der Waals surface area contributed by atoms with E-state index >= 15 is 0 Å². The lowest BCUT2D eigenvalue weighted by Crippen LogP contribution is -2.33. The molecule has 0 amide bonds. The van der Waals surface area contributed by atoms with E-state index in [9.17, 15) is 4.79 Å². The maximum Gasteiger partial charge on any atom is 0.339 e. The van der Waals surface area contributed by atoms with Crippen molar-refractivity contribution >= 4 is 17.6 Å². The predicted octanol–water partition coefficient (Wildman–Crippen LogP) is 5.78. The highest BCUT2D eigenvalue weighted by molar-refractivity contribution is 5.89. The molecule has 27 heavy (non-hydrogen) atoms. The summed E-state index contributed by atoms with van der Waals surface area (Å²) in [6.45, 7) is 11.4. The quantitative estimate of drug-likeness (QED) is 0.649. The van der Waals surface area contributed by atoms with Gasteiger partial charge >= 0.3 is 5.97 Å². The standard InChI is InChI=1S/C24H29NO2/c1-16(21-10-8-18(15-25-21)22(26)27-6)13-17-7-9-19-20(14-17)24(4,5)12-11-23(19,2)3/h7-10,13-15H,11-12H2,1-6H3. The number of aromatic nitrogens is 1. The van der Waals surface area contributed by atoms with Gasteiger partial charge in [0.2, 0.25) is 0 Å². The Kier molecular flexibility index (Phi) is 4.98. The lowest BCUT2D eigenvalue weighted by molar-refractivity contribution is 0.0600. The Bertz CT molecular complexity index is 889. The van der Waals surface area contributed by atoms with E-state index in [2.05, 4.69) is 63.9 Å². The van der Waals surface area contributed by atoms with Gasteiger partial charge in [-0.2, -0.15) is 0 Å². The number of hydrogen-bond donors (Lipinski definition) is 0. The third-order valence-electron chi connectivity index (χ3n) is 5.85. The van der Waals surface area contributed by atoms with Gasteiger partial charge in [0.1, 0.15) is 0 Å². The summed E-state index contributed by atoms with van der Waals surface area (Å²) in [7, 11) is 1.38. The van der Waals surface area contributed by atoms with E-state index in [0.29, 0.717) is 5.56 Å². The van der Waals surface area contributed by atoms with Crippen LogP contribution >= 0.6 is 0 Å². The van der Waals surface area contributed by atoms with Crippen molar-refractivity contribution in [1.29, 1.82) is 0 Å². The van der Waals surface area contributed by atoms with E-state index in [-0.39, 0.29) is 16.8 Å². The molecular formula is C24H29NO2. The number of carbonyl (C=O) groups is 1. The van der Waals surface area contributed by atoms with Crippen LogP contribution in [0.2, 0.25) is 0 Å². The monoisotopic (exact) mass is 363 g/mol. The highest BCUT2D eigenvalue weighted by atomic mass is 16.5. The van der Waals surface area contributed by atoms with Crippen LogP contribution in [0.5, 0.6) is 0 Å². The van der Waals surface area contributed by atoms with Crippen LogP contribution in [0.1, 0.15) is 80.2 Å². The summed E-state index contributed by atoms with van der Waals surface area (Å²) in [5, 5.41) is 0. The first-order valence-corrected chi connectivity index (χ1v) is 9.52. The van der Waals surface area contributed by atoms with Crippen molar-refractivity contribution in [2.45, 2.75) is 58.3 Å². The molecule has 3 nitrogen and oxygen atoms in total. The zero-order valence-electron chi connectivity index (χ0n) is 17.2. The summed E-state index contributed by atoms with van der Waals surface area (Å²) >= 11 is 0. The molecule has 1 aromatic carbocycles. The summed E-state index contributed by atoms with van der Waals surface area (Å²) in [6.07, 6.45) is 6.16. The minimum atomic E-state index is -0.366. The second kappa shape index (κ2) is 6.95. The molecule has 0 spiro atoms. The molecule has 0 radical (unpaired) electrons. The smallest absolute Gasteiger partial charge is 0.339 e. The SMILES string of the molecule is COC(=O)c1ccc(C(C)=Cc2ccc3c(c2)C(C)(C)CCC3(C)C)nc1. The molecule has 0 atom stereocenters. The lowest BCUT2D eigenvalue weighted by Gasteiger charge is -2.42. The van der Waals surface area contributed by atoms with Crippen molar-refractivity contribution in [2.24, 2.45) is 0 Å². The third kappa shape index (κ3) is 3.83. The number of nitrogens with zero attached hydrogens (tertiary/aromatic N) is 1. The number of pyridine rings is 1. The predicted molar refractivity (Wildman–Crippen MR) is 111 cm³/mol. The van der Waals surface area contributed by atoms with Crippen molar-refractivity contribution in [3.63, 3.8) is 0 Å². The Hall–Kier alpha value is -2.42. The molecule has 0 fully saturated rings. The summed E-state index contributed by atoms with van der Waals surface area (Å²) < 4.78 is 4.73. The van der Waals surface area contributed by atoms with Crippen LogP contribution in [0.15, 0.2) is 36.5 Å². The fraction of sp³-hybridized carbons (Fsp3) is 0.417. The minimum Gasteiger partial charge on any atom is -0.465 e. The molecule has 0 aliphatic heterocycles. The lowest BCUT2D eigenvalue weighted by atomic mass is 9.63. The second-order valence-corrected chi connectivity index (χ2v) is 8.82. The molecule has 1 heterocycles. The number of fused-ring (bicyclic) bond motifs is 1. The zero-order chi connectivity index (χ0) is 19.8. The van der Waals surface area contributed by atoms with Crippen LogP contribution in [0.4, 0.5) is 0 Å². The molecule has 0 N–H and O–H groups in total. The average Bonchev–Trinajstić information content (AvgIpc) is 2.65. The number of esters is 1. The topological polar surface area (TPSA) is 39.2 Å². The molecule has 1 aliphatic carbocycles. The van der Waals surface area contributed by atoms with E-state index in [1.165, 1.54) is 36.6 Å². The van der Waals surface area contributed by atoms with Crippen molar-refractivity contribution in [2.75, 3.05) is 7.11 Å². The fourth-order valence-corrected chi connectivity index (χ4v) is 3.89. The van der Waals surface area contributed by atoms with Crippen LogP contribution in [0, 0.1) is 0 Å². The van der Waals surface area contributed by atoms with Gasteiger partial charge in [0, 0.05) is 6.20 Å². The Morgan fingerprint density at radius 1 is 1.04 bits per heavy atom. The van der Waals surface area contributed by atoms with Crippen LogP contribution in [0.3, 0.4) is 0 Å². The maximum atomic E-state index is 11.6. The Labute approximate surface area is 162 Å². The molecule has 0 saturated carbocycles. The molecule has 0 saturated heterocycles. The summed E-state index contributed by atoms with van der Waals surface area (Å²) in [4.78, 5) is 16.0. The summed E-state index contributed by atoms with van der Waals surface area (Å²) in [5.41, 5.74) is 6.93. The number of rotatable bonds is 3. The third-order valence-corrected chi connectivity index (χ3v) is 5.85. The van der Waals surface area contributed by atoms with Crippen LogP contribution in [-0.2, 0) is 15.6 Å². The number of benzene rings is 1. The molecule has 0 unspecified atom stereocenters. The van der Waals surface area contributed by atoms with E-state index in [1.807, 2.05) is 6.07 Å². The number of allylic oxidation sites excluding steroid dienone is 1. The fourth-order valence-electron chi connectivity index (χ4n) is 3.89. The average molecular weight is 364 g/mol. The van der Waals surface area contributed by atoms with E-state index in [1.54, 1.807) is 12.3 Å². The van der Waals surface area contributed by atoms with Gasteiger partial charge in [0.05, 0.1) is 18.4 Å². The van der Waals surface area contributed by atoms with Gasteiger partial charge < -0.3 is 4.74 Å². The first kappa shape index (κ1) is 19.3. The number of methoxy groups -OCH3 is 1. The van der Waals surface area contributed by atoms with Crippen LogP contribution < -0.4 is 0 Å². The van der Waals surface area contributed by atoms with Crippen molar-refractivity contribution < 1.29 is 9.53 Å². The molecule has 3 rings (SSSR count). The normalized spacial score (nSPS) is 17.9. The zero-order valence-corrected chi connectivity index (χ0v) is 17.2. The van der Waals surface area contributed by atoms with E-state index < -0.39 is 0 Å². The number of hydrogen-bond acceptors (Lipinski definition) is 3. The van der Waals surface area contributed by atoms with Gasteiger partial charge in [0.15, 0.2) is 0 Å². The van der Waals surface area contributed by atoms with E-state index in [4.69, 9.17) is 4.74 Å². The molecule has 2 aromatic rings. The highest BCUT2D eigenvalue weighted by Gasteiger charge is 2.36. The molecule has 3 heteroatoms. The van der Waals surface area contributed by atoms with Gasteiger partial charge in [0.25, 0.3) is 0 Å². The summed E-state index contributed by atoms with van der Waals surface area (Å²) in [6, 6.07) is 10.5. The van der Waals surface area contributed by atoms with Crippen LogP contribution in [-0.4, -0.2) is 18.1 Å². The van der Waals surface area contributed by atoms with Crippen molar-refractivity contribution in [3.05, 3.63) is 64.5 Å². The summed E-state index contributed by atoms with van der Waals surface area (Å²) in [5.74, 6) is -0.366. The van der Waals surface area contributed by atoms with Gasteiger partial charge in [-0.25, -0.2) is 4.79 Å². The van der Waals surface area contributed by atoms with Gasteiger partial charge in [-0.1, -0.05) is 45.9 Å². The molecule has 0 bridgehead atoms. The van der Waals surface area contributed by atoms with Crippen molar-refractivity contribution in [3.8, 4) is 0 Å². The van der Waals surface area contributed by atoms with Crippen LogP contribution in [0.25, 0.3) is 11.6 Å². The number of carbonyl (C=O) groups excluding carboxylic acids is 1. The first-order chi connectivity index (χ1) is 12.6. The molecule has 142 valence electrons. The van der Waals surface area contributed by atoms with Gasteiger partial charge in [-0.3, -0.25) is 4.98 Å². The van der Waals surface area contributed by atoms with Gasteiger partial charge in [-0.15, -0.1) is 0 Å². The Morgan fingerprint density at radius 2 is 1.70 bits per heavy atom. The minimum absolute atomic E-state index is 0.197. The molecular weight excluding hydrogens is 334 g/mol. The second-order valence-electron chi connectivity index (χ2n) is 8.82. The Morgan fingerprint density at radius 3 is 2.30 bits per heavy atom. The number of ether oxygens (including phenoxy) is 1. The molecule has 1 aliphatic rings. The Balaban J connectivity index is 1.94. The van der Waals surface area contributed by atoms with Gasteiger partial charge in [-0.05, 0) is 71.1 Å². The van der Waals surface area contributed by atoms with Crippen molar-refractivity contribution in [1.82, 2.24) is 4.98 Å². The largest absolute Gasteiger partial charge is 0.465 e. The first-order valence-electron chi connectivity index (χ1n) is 9.52. The highest BCUT2D eigenvalue weighted by Crippen LogP contribution is 2.46. The maximum absolute atomic E-state index is 11.6. The molecule has 1 aromatic heterocycles. The van der Waals surface area contributed by atoms with E-state index in [0.717, 1.165) is 11.3 Å².